The van der Waals surface area contributed by atoms with E-state index in [0.29, 0.717) is 22.7 Å². The Hall–Kier alpha value is -1.51. The molecule has 35 heavy (non-hydrogen) atoms. The fourth-order valence-corrected chi connectivity index (χ4v) is 8.00. The van der Waals surface area contributed by atoms with Crippen molar-refractivity contribution in [1.82, 2.24) is 9.55 Å². The normalized spacial score (nSPS) is 34.4. The van der Waals surface area contributed by atoms with E-state index in [0.717, 1.165) is 11.8 Å². The van der Waals surface area contributed by atoms with Crippen molar-refractivity contribution >= 4 is 35.2 Å². The van der Waals surface area contributed by atoms with Crippen molar-refractivity contribution in [3.8, 4) is 0 Å². The van der Waals surface area contributed by atoms with Crippen LogP contribution >= 0.6 is 29.4 Å². The first kappa shape index (κ1) is 25.2. The van der Waals surface area contributed by atoms with Gasteiger partial charge in [-0.15, -0.1) is 0 Å². The molecule has 10 nitrogen and oxygen atoms in total. The Morgan fingerprint density at radius 1 is 1.20 bits per heavy atom. The van der Waals surface area contributed by atoms with Crippen LogP contribution in [-0.2, 0) is 34.2 Å². The third-order valence-corrected chi connectivity index (χ3v) is 9.52. The lowest BCUT2D eigenvalue weighted by atomic mass is 10.1. The number of alkyl halides is 2. The van der Waals surface area contributed by atoms with Gasteiger partial charge in [0.15, 0.2) is 6.10 Å². The van der Waals surface area contributed by atoms with E-state index in [9.17, 15) is 9.36 Å². The summed E-state index contributed by atoms with van der Waals surface area (Å²) in [5.41, 5.74) is 5.38. The van der Waals surface area contributed by atoms with E-state index in [4.69, 9.17) is 28.8 Å². The van der Waals surface area contributed by atoms with Crippen LogP contribution in [0.25, 0.3) is 0 Å². The maximum absolute atomic E-state index is 15.3. The largest absolute Gasteiger partial charge is 0.475 e. The lowest BCUT2D eigenvalue weighted by Gasteiger charge is -2.36. The summed E-state index contributed by atoms with van der Waals surface area (Å²) in [5, 5.41) is 0. The Morgan fingerprint density at radius 3 is 2.69 bits per heavy atom. The molecular formula is C20H22F2N3O7PS2. The quantitative estimate of drug-likeness (QED) is 0.422. The minimum absolute atomic E-state index is 0.116. The van der Waals surface area contributed by atoms with E-state index in [1.807, 2.05) is 30.3 Å². The molecule has 0 radical (unpaired) electrons. The maximum atomic E-state index is 15.3. The highest BCUT2D eigenvalue weighted by molar-refractivity contribution is 8.76. The lowest BCUT2D eigenvalue weighted by molar-refractivity contribution is -0.140. The Balaban J connectivity index is 1.28. The zero-order valence-corrected chi connectivity index (χ0v) is 20.6. The average Bonchev–Trinajstić information content (AvgIpc) is 3.08. The van der Waals surface area contributed by atoms with Crippen LogP contribution in [-0.4, -0.2) is 58.0 Å². The van der Waals surface area contributed by atoms with Crippen molar-refractivity contribution in [1.29, 1.82) is 0 Å². The van der Waals surface area contributed by atoms with Gasteiger partial charge in [0.05, 0.1) is 19.3 Å². The molecule has 0 saturated carbocycles. The van der Waals surface area contributed by atoms with E-state index in [2.05, 4.69) is 4.98 Å². The molecule has 6 atom stereocenters. The number of hydrogen-bond donors (Lipinski definition) is 1. The van der Waals surface area contributed by atoms with Gasteiger partial charge in [0.2, 0.25) is 6.23 Å². The minimum Gasteiger partial charge on any atom is -0.383 e. The third kappa shape index (κ3) is 5.30. The average molecular weight is 550 g/mol. The van der Waals surface area contributed by atoms with Crippen molar-refractivity contribution in [2.24, 2.45) is 0 Å². The topological polar surface area (TPSA) is 124 Å². The zero-order valence-electron chi connectivity index (χ0n) is 18.1. The first-order chi connectivity index (χ1) is 16.7. The molecule has 5 rings (SSSR count). The number of nitrogens with zero attached hydrogens (tertiary/aromatic N) is 2. The molecule has 3 saturated heterocycles. The van der Waals surface area contributed by atoms with Crippen LogP contribution in [0.1, 0.15) is 11.8 Å². The number of nitrogen functional groups attached to an aromatic ring is 1. The Bertz CT molecular complexity index is 1160. The number of fused-ring (bicyclic) bond motifs is 1. The van der Waals surface area contributed by atoms with Crippen LogP contribution in [0.3, 0.4) is 0 Å². The first-order valence-corrected chi connectivity index (χ1v) is 14.6. The Kier molecular flexibility index (Phi) is 7.26. The number of benzene rings is 1. The summed E-state index contributed by atoms with van der Waals surface area (Å²) >= 11 is 0. The van der Waals surface area contributed by atoms with Gasteiger partial charge in [-0.2, -0.15) is 13.8 Å². The van der Waals surface area contributed by atoms with Crippen LogP contribution in [0.2, 0.25) is 0 Å². The summed E-state index contributed by atoms with van der Waals surface area (Å²) in [7, 11) is -1.33. The number of aromatic nitrogens is 2. The molecule has 0 aliphatic carbocycles. The monoisotopic (exact) mass is 549 g/mol. The number of phosphoric ester groups is 1. The fraction of sp³-hybridized carbons (Fsp3) is 0.500. The van der Waals surface area contributed by atoms with E-state index < -0.39 is 56.7 Å². The van der Waals surface area contributed by atoms with Crippen LogP contribution in [0.5, 0.6) is 0 Å². The molecule has 0 amide bonds. The Labute approximate surface area is 206 Å². The highest BCUT2D eigenvalue weighted by atomic mass is 33.1. The number of anilines is 1. The predicted molar refractivity (Wildman–Crippen MR) is 125 cm³/mol. The molecule has 0 bridgehead atoms. The summed E-state index contributed by atoms with van der Waals surface area (Å²) < 4.78 is 72.0. The van der Waals surface area contributed by atoms with Crippen molar-refractivity contribution in [3.63, 3.8) is 0 Å². The van der Waals surface area contributed by atoms with Crippen molar-refractivity contribution in [3.05, 3.63) is 58.6 Å². The molecule has 3 aliphatic heterocycles. The van der Waals surface area contributed by atoms with Gasteiger partial charge >= 0.3 is 19.4 Å². The summed E-state index contributed by atoms with van der Waals surface area (Å²) in [6, 6.07) is 10.7. The minimum atomic E-state index is -4.39. The molecule has 3 aliphatic rings. The van der Waals surface area contributed by atoms with Gasteiger partial charge in [-0.05, 0) is 11.6 Å². The number of ether oxygens (including phenoxy) is 2. The second-order valence-corrected chi connectivity index (χ2v) is 12.2. The summed E-state index contributed by atoms with van der Waals surface area (Å²) in [6.45, 7) is -0.152. The maximum Gasteiger partial charge on any atom is 0.475 e. The van der Waals surface area contributed by atoms with Crippen molar-refractivity contribution < 1.29 is 36.4 Å². The van der Waals surface area contributed by atoms with Gasteiger partial charge in [-0.25, -0.2) is 9.36 Å². The standard InChI is InChI=1S/C20H22F2N3O7PS2/c21-20(22)17-13(30-18(20)25-7-6-16(23)24-19(25)26)9-29-33(27,32-17)31-15-11-35-34-10-14(15)28-8-12-4-2-1-3-5-12/h1-7,13-15,17-18H,8-11H2,(H2,23,24,26)/t13-,14?,15+,17-,18-,33?/m1/s1. The summed E-state index contributed by atoms with van der Waals surface area (Å²) in [6.07, 6.45) is -5.36. The van der Waals surface area contributed by atoms with E-state index >= 15 is 8.78 Å². The second kappa shape index (κ2) is 10.1. The molecule has 1 aromatic heterocycles. The lowest BCUT2D eigenvalue weighted by Crippen LogP contribution is -2.46. The number of halogens is 2. The highest BCUT2D eigenvalue weighted by Gasteiger charge is 2.65. The summed E-state index contributed by atoms with van der Waals surface area (Å²) in [4.78, 5) is 15.6. The molecule has 3 fully saturated rings. The molecule has 2 N–H and O–H groups in total. The van der Waals surface area contributed by atoms with Gasteiger partial charge < -0.3 is 15.2 Å². The van der Waals surface area contributed by atoms with Crippen LogP contribution in [0.4, 0.5) is 14.6 Å². The molecular weight excluding hydrogens is 527 g/mol. The van der Waals surface area contributed by atoms with Crippen molar-refractivity contribution in [2.45, 2.75) is 43.2 Å². The van der Waals surface area contributed by atoms with Crippen LogP contribution in [0, 0.1) is 0 Å². The van der Waals surface area contributed by atoms with Gasteiger partial charge in [0.1, 0.15) is 18.0 Å². The van der Waals surface area contributed by atoms with E-state index in [1.165, 1.54) is 16.9 Å². The smallest absolute Gasteiger partial charge is 0.383 e. The highest BCUT2D eigenvalue weighted by Crippen LogP contribution is 2.61. The van der Waals surface area contributed by atoms with Gasteiger partial charge in [0.25, 0.3) is 0 Å². The van der Waals surface area contributed by atoms with Crippen molar-refractivity contribution in [2.75, 3.05) is 23.8 Å². The molecule has 4 heterocycles. The summed E-state index contributed by atoms with van der Waals surface area (Å²) in [5.74, 6) is -2.90. The number of hydrogen-bond acceptors (Lipinski definition) is 11. The molecule has 15 heteroatoms. The predicted octanol–water partition coefficient (Wildman–Crippen LogP) is 3.25. The van der Waals surface area contributed by atoms with E-state index in [1.54, 1.807) is 10.8 Å². The third-order valence-electron chi connectivity index (χ3n) is 5.63. The zero-order chi connectivity index (χ0) is 24.6. The van der Waals surface area contributed by atoms with Gasteiger partial charge in [0, 0.05) is 17.7 Å². The number of nitrogens with two attached hydrogens (primary N) is 1. The SMILES string of the molecule is Nc1ccn([C@@H]2O[C@@H]3COP(=O)(O[C@H]4CSSCC4OCc4ccccc4)O[C@H]3C2(F)F)c(=O)n1. The molecule has 2 aromatic rings. The van der Waals surface area contributed by atoms with Gasteiger partial charge in [-0.1, -0.05) is 51.9 Å². The molecule has 0 spiro atoms. The number of rotatable bonds is 6. The molecule has 2 unspecified atom stereocenters. The second-order valence-electron chi connectivity index (χ2n) is 8.06. The molecule has 1 aromatic carbocycles. The Morgan fingerprint density at radius 2 is 1.94 bits per heavy atom. The number of phosphoric acid groups is 1. The van der Waals surface area contributed by atoms with E-state index in [-0.39, 0.29) is 5.82 Å². The van der Waals surface area contributed by atoms with Crippen LogP contribution in [0.15, 0.2) is 47.4 Å². The fourth-order valence-electron chi connectivity index (χ4n) is 3.87. The molecule has 190 valence electrons. The first-order valence-electron chi connectivity index (χ1n) is 10.6. The van der Waals surface area contributed by atoms with Gasteiger partial charge in [-0.3, -0.25) is 18.1 Å². The van der Waals surface area contributed by atoms with Crippen LogP contribution < -0.4 is 11.4 Å².